The zero-order valence-electron chi connectivity index (χ0n) is 17.8. The van der Waals surface area contributed by atoms with Crippen LogP contribution in [-0.2, 0) is 5.54 Å². The van der Waals surface area contributed by atoms with Crippen LogP contribution >= 0.6 is 11.6 Å². The molecule has 0 radical (unpaired) electrons. The Hall–Kier alpha value is -3.03. The maximum atomic E-state index is 12.6. The molecule has 0 saturated heterocycles. The van der Waals surface area contributed by atoms with E-state index in [1.807, 2.05) is 37.5 Å². The number of nitrogens with one attached hydrogen (secondary N) is 3. The van der Waals surface area contributed by atoms with E-state index in [1.54, 1.807) is 16.8 Å². The molecular weight excluding hydrogens is 414 g/mol. The fourth-order valence-corrected chi connectivity index (χ4v) is 3.79. The quantitative estimate of drug-likeness (QED) is 0.541. The van der Waals surface area contributed by atoms with Gasteiger partial charge in [0, 0.05) is 29.8 Å². The van der Waals surface area contributed by atoms with Gasteiger partial charge in [-0.15, -0.1) is 5.10 Å². The first-order valence-corrected chi connectivity index (χ1v) is 10.6. The lowest BCUT2D eigenvalue weighted by atomic mass is 9.94. The van der Waals surface area contributed by atoms with Gasteiger partial charge in [-0.05, 0) is 44.7 Å². The van der Waals surface area contributed by atoms with Gasteiger partial charge >= 0.3 is 6.03 Å². The van der Waals surface area contributed by atoms with Crippen molar-refractivity contribution in [1.29, 1.82) is 0 Å². The molecule has 2 amide bonds. The molecule has 0 aliphatic carbocycles. The smallest absolute Gasteiger partial charge is 0.320 e. The second-order valence-corrected chi connectivity index (χ2v) is 8.42. The Morgan fingerprint density at radius 2 is 1.97 bits per heavy atom. The van der Waals surface area contributed by atoms with E-state index >= 15 is 0 Å². The zero-order valence-corrected chi connectivity index (χ0v) is 18.5. The van der Waals surface area contributed by atoms with Gasteiger partial charge in [-0.1, -0.05) is 35.9 Å². The number of amides is 2. The van der Waals surface area contributed by atoms with Crippen molar-refractivity contribution < 1.29 is 9.53 Å². The number of carbonyl (C=O) groups excluding carboxylic acids is 1. The third kappa shape index (κ3) is 4.52. The van der Waals surface area contributed by atoms with Crippen molar-refractivity contribution in [2.24, 2.45) is 0 Å². The second kappa shape index (κ2) is 8.61. The number of benzene rings is 2. The summed E-state index contributed by atoms with van der Waals surface area (Å²) in [5.41, 5.74) is 2.86. The standard InChI is InChI=1S/C23H26ClN5O2/c1-23(2,25-3)15-7-9-16(10-8-15)29-13-11-20(28-29)27-22(30)26-19-12-14-31-21-17(19)5-4-6-18(21)24/h4-11,13,19,25H,12,14H2,1-3H3,(H2,26,27,28,30)/t19-/m0/s1. The van der Waals surface area contributed by atoms with E-state index in [0.29, 0.717) is 29.6 Å². The summed E-state index contributed by atoms with van der Waals surface area (Å²) in [7, 11) is 1.94. The highest BCUT2D eigenvalue weighted by atomic mass is 35.5. The summed E-state index contributed by atoms with van der Waals surface area (Å²) in [5, 5.41) is 14.1. The Bertz CT molecular complexity index is 1080. The minimum absolute atomic E-state index is 0.111. The van der Waals surface area contributed by atoms with Crippen molar-refractivity contribution in [3.05, 3.63) is 70.9 Å². The second-order valence-electron chi connectivity index (χ2n) is 8.01. The Morgan fingerprint density at radius 3 is 2.71 bits per heavy atom. The number of hydrogen-bond donors (Lipinski definition) is 3. The average molecular weight is 440 g/mol. The van der Waals surface area contributed by atoms with Crippen LogP contribution in [0.25, 0.3) is 5.69 Å². The van der Waals surface area contributed by atoms with Gasteiger partial charge < -0.3 is 15.4 Å². The molecule has 3 N–H and O–H groups in total. The van der Waals surface area contributed by atoms with Crippen molar-refractivity contribution in [3.8, 4) is 11.4 Å². The van der Waals surface area contributed by atoms with Crippen LogP contribution in [0, 0.1) is 0 Å². The van der Waals surface area contributed by atoms with Gasteiger partial charge in [-0.3, -0.25) is 5.32 Å². The van der Waals surface area contributed by atoms with Crippen LogP contribution in [-0.4, -0.2) is 29.5 Å². The summed E-state index contributed by atoms with van der Waals surface area (Å²) in [5.74, 6) is 1.10. The lowest BCUT2D eigenvalue weighted by Gasteiger charge is -2.27. The maximum absolute atomic E-state index is 12.6. The molecule has 162 valence electrons. The van der Waals surface area contributed by atoms with E-state index in [-0.39, 0.29) is 17.6 Å². The number of nitrogens with zero attached hydrogens (tertiary/aromatic N) is 2. The van der Waals surface area contributed by atoms with Gasteiger partial charge in [-0.25, -0.2) is 9.48 Å². The van der Waals surface area contributed by atoms with Crippen LogP contribution in [0.1, 0.15) is 37.4 Å². The number of halogens is 1. The summed E-state index contributed by atoms with van der Waals surface area (Å²) in [6.07, 6.45) is 2.49. The third-order valence-electron chi connectivity index (χ3n) is 5.64. The predicted octanol–water partition coefficient (Wildman–Crippen LogP) is 4.63. The number of rotatable bonds is 5. The number of urea groups is 1. The number of ether oxygens (including phenoxy) is 1. The van der Waals surface area contributed by atoms with Gasteiger partial charge in [0.1, 0.15) is 5.75 Å². The predicted molar refractivity (Wildman–Crippen MR) is 122 cm³/mol. The summed E-state index contributed by atoms with van der Waals surface area (Å²) in [4.78, 5) is 12.6. The van der Waals surface area contributed by atoms with Crippen LogP contribution in [0.5, 0.6) is 5.75 Å². The maximum Gasteiger partial charge on any atom is 0.320 e. The molecule has 2 aromatic carbocycles. The Labute approximate surface area is 186 Å². The topological polar surface area (TPSA) is 80.2 Å². The Morgan fingerprint density at radius 1 is 1.19 bits per heavy atom. The van der Waals surface area contributed by atoms with Gasteiger partial charge in [0.25, 0.3) is 0 Å². The Balaban J connectivity index is 1.42. The highest BCUT2D eigenvalue weighted by Gasteiger charge is 2.25. The van der Waals surface area contributed by atoms with Crippen molar-refractivity contribution in [2.45, 2.75) is 31.8 Å². The van der Waals surface area contributed by atoms with Crippen LogP contribution in [0.2, 0.25) is 5.02 Å². The van der Waals surface area contributed by atoms with Crippen molar-refractivity contribution >= 4 is 23.4 Å². The normalized spacial score (nSPS) is 15.7. The highest BCUT2D eigenvalue weighted by Crippen LogP contribution is 2.37. The molecule has 1 atom stereocenters. The van der Waals surface area contributed by atoms with Crippen molar-refractivity contribution in [3.63, 3.8) is 0 Å². The molecule has 0 unspecified atom stereocenters. The molecule has 1 aromatic heterocycles. The number of fused-ring (bicyclic) bond motifs is 1. The van der Waals surface area contributed by atoms with E-state index < -0.39 is 0 Å². The van der Waals surface area contributed by atoms with E-state index in [2.05, 4.69) is 47.0 Å². The Kier molecular flexibility index (Phi) is 5.89. The van der Waals surface area contributed by atoms with Gasteiger partial charge in [0.15, 0.2) is 5.82 Å². The van der Waals surface area contributed by atoms with E-state index in [0.717, 1.165) is 11.3 Å². The zero-order chi connectivity index (χ0) is 22.0. The monoisotopic (exact) mass is 439 g/mol. The van der Waals surface area contributed by atoms with Gasteiger partial charge in [0.05, 0.1) is 23.4 Å². The molecule has 31 heavy (non-hydrogen) atoms. The van der Waals surface area contributed by atoms with Crippen LogP contribution in [0.4, 0.5) is 10.6 Å². The van der Waals surface area contributed by atoms with Gasteiger partial charge in [-0.2, -0.15) is 0 Å². The number of hydrogen-bond acceptors (Lipinski definition) is 4. The molecule has 0 fully saturated rings. The molecule has 2 heterocycles. The number of anilines is 1. The molecule has 7 nitrogen and oxygen atoms in total. The average Bonchev–Trinajstić information content (AvgIpc) is 3.23. The number of para-hydroxylation sites is 1. The fraction of sp³-hybridized carbons (Fsp3) is 0.304. The van der Waals surface area contributed by atoms with Crippen LogP contribution in [0.15, 0.2) is 54.7 Å². The first-order valence-electron chi connectivity index (χ1n) is 10.2. The molecule has 4 rings (SSSR count). The van der Waals surface area contributed by atoms with E-state index in [1.165, 1.54) is 5.56 Å². The number of aromatic nitrogens is 2. The summed E-state index contributed by atoms with van der Waals surface area (Å²) in [6, 6.07) is 15.0. The molecular formula is C23H26ClN5O2. The summed E-state index contributed by atoms with van der Waals surface area (Å²) >= 11 is 6.21. The summed E-state index contributed by atoms with van der Waals surface area (Å²) < 4.78 is 7.38. The van der Waals surface area contributed by atoms with Crippen molar-refractivity contribution in [2.75, 3.05) is 19.0 Å². The highest BCUT2D eigenvalue weighted by molar-refractivity contribution is 6.32. The first kappa shape index (κ1) is 21.2. The molecule has 0 bridgehead atoms. The lowest BCUT2D eigenvalue weighted by molar-refractivity contribution is 0.232. The molecule has 0 spiro atoms. The number of carbonyl (C=O) groups is 1. The molecule has 0 saturated carbocycles. The minimum Gasteiger partial charge on any atom is -0.492 e. The fourth-order valence-electron chi connectivity index (χ4n) is 3.56. The first-order chi connectivity index (χ1) is 14.9. The largest absolute Gasteiger partial charge is 0.492 e. The third-order valence-corrected chi connectivity index (χ3v) is 5.94. The van der Waals surface area contributed by atoms with E-state index in [4.69, 9.17) is 16.3 Å². The van der Waals surface area contributed by atoms with Gasteiger partial charge in [0.2, 0.25) is 0 Å². The molecule has 1 aliphatic rings. The SMILES string of the molecule is CNC(C)(C)c1ccc(-n2ccc(NC(=O)N[C@H]3CCOc4c(Cl)cccc43)n2)cc1. The van der Waals surface area contributed by atoms with Crippen molar-refractivity contribution in [1.82, 2.24) is 20.4 Å². The molecule has 8 heteroatoms. The van der Waals surface area contributed by atoms with Crippen LogP contribution < -0.4 is 20.7 Å². The lowest BCUT2D eigenvalue weighted by Crippen LogP contribution is -2.35. The molecule has 3 aromatic rings. The minimum atomic E-state index is -0.325. The van der Waals surface area contributed by atoms with Crippen LogP contribution in [0.3, 0.4) is 0 Å². The molecule has 1 aliphatic heterocycles. The summed E-state index contributed by atoms with van der Waals surface area (Å²) in [6.45, 7) is 4.75. The van der Waals surface area contributed by atoms with E-state index in [9.17, 15) is 4.79 Å².